The van der Waals surface area contributed by atoms with E-state index in [0.29, 0.717) is 17.2 Å². The van der Waals surface area contributed by atoms with Gasteiger partial charge in [-0.15, -0.1) is 46.7 Å². The minimum Gasteiger partial charge on any atom is -0.462 e. The van der Waals surface area contributed by atoms with Crippen LogP contribution in [0, 0.1) is 13.8 Å². The van der Waals surface area contributed by atoms with E-state index in [4.69, 9.17) is 4.74 Å². The molecule has 2 aromatic rings. The molecule has 0 radical (unpaired) electrons. The Morgan fingerprint density at radius 1 is 1.27 bits per heavy atom. The van der Waals surface area contributed by atoms with Crippen molar-refractivity contribution in [2.45, 2.75) is 59.9 Å². The molecule has 0 aromatic carbocycles. The van der Waals surface area contributed by atoms with E-state index in [1.54, 1.807) is 18.3 Å². The van der Waals surface area contributed by atoms with E-state index in [0.717, 1.165) is 49.0 Å². The third kappa shape index (κ3) is 8.46. The molecule has 0 aliphatic carbocycles. The highest BCUT2D eigenvalue weighted by atomic mass is 127. The molecule has 2 heterocycles. The lowest BCUT2D eigenvalue weighted by atomic mass is 10.2. The number of hydrogen-bond donors (Lipinski definition) is 2. The highest BCUT2D eigenvalue weighted by Crippen LogP contribution is 2.24. The van der Waals surface area contributed by atoms with E-state index < -0.39 is 0 Å². The predicted octanol–water partition coefficient (Wildman–Crippen LogP) is 4.65. The monoisotopic (exact) mass is 565 g/mol. The highest BCUT2D eigenvalue weighted by Gasteiger charge is 2.20. The highest BCUT2D eigenvalue weighted by molar-refractivity contribution is 14.0. The smallest absolute Gasteiger partial charge is 0.350 e. The van der Waals surface area contributed by atoms with E-state index in [9.17, 15) is 4.79 Å². The van der Waals surface area contributed by atoms with Gasteiger partial charge in [0.15, 0.2) is 5.96 Å². The Labute approximate surface area is 204 Å². The number of carbonyl (C=O) groups is 1. The number of ether oxygens (including phenoxy) is 1. The first-order valence-electron chi connectivity index (χ1n) is 10.0. The van der Waals surface area contributed by atoms with Crippen LogP contribution in [0.15, 0.2) is 10.4 Å². The van der Waals surface area contributed by atoms with E-state index in [-0.39, 0.29) is 36.0 Å². The summed E-state index contributed by atoms with van der Waals surface area (Å²) in [4.78, 5) is 26.3. The van der Waals surface area contributed by atoms with Crippen LogP contribution in [-0.4, -0.2) is 41.6 Å². The van der Waals surface area contributed by atoms with Crippen LogP contribution in [0.25, 0.3) is 0 Å². The fourth-order valence-electron chi connectivity index (χ4n) is 2.67. The van der Waals surface area contributed by atoms with Gasteiger partial charge in [-0.2, -0.15) is 0 Å². The number of guanidine groups is 1. The van der Waals surface area contributed by atoms with E-state index in [1.807, 2.05) is 27.7 Å². The molecule has 0 bridgehead atoms. The van der Waals surface area contributed by atoms with Crippen LogP contribution in [0.3, 0.4) is 0 Å². The second-order valence-electron chi connectivity index (χ2n) is 6.65. The number of aromatic nitrogens is 2. The Morgan fingerprint density at radius 2 is 2.03 bits per heavy atom. The Balaban J connectivity index is 0.00000450. The molecule has 0 saturated heterocycles. The van der Waals surface area contributed by atoms with E-state index in [1.165, 1.54) is 16.3 Å². The fourth-order valence-corrected chi connectivity index (χ4v) is 4.45. The molecule has 0 fully saturated rings. The number of thiazole rings is 2. The number of hydrogen-bond acceptors (Lipinski definition) is 7. The Bertz CT molecular complexity index is 822. The third-order valence-corrected chi connectivity index (χ3v) is 6.42. The fraction of sp³-hybridized carbons (Fsp3) is 0.600. The lowest BCUT2D eigenvalue weighted by Crippen LogP contribution is -2.38. The lowest BCUT2D eigenvalue weighted by molar-refractivity contribution is 0.0531. The molecule has 0 aliphatic heterocycles. The first-order valence-corrected chi connectivity index (χ1v) is 11.7. The molecule has 30 heavy (non-hydrogen) atoms. The van der Waals surface area contributed by atoms with Gasteiger partial charge in [0.05, 0.1) is 23.4 Å². The first kappa shape index (κ1) is 26.8. The van der Waals surface area contributed by atoms with Crippen LogP contribution >= 0.6 is 46.7 Å². The summed E-state index contributed by atoms with van der Waals surface area (Å²) < 4.78 is 5.10. The summed E-state index contributed by atoms with van der Waals surface area (Å²) in [6.07, 6.45) is 3.08. The molecule has 2 aromatic heterocycles. The van der Waals surface area contributed by atoms with Crippen molar-refractivity contribution >= 4 is 58.6 Å². The van der Waals surface area contributed by atoms with Crippen LogP contribution in [0.4, 0.5) is 0 Å². The second-order valence-corrected chi connectivity index (χ2v) is 8.63. The van der Waals surface area contributed by atoms with Crippen molar-refractivity contribution in [1.82, 2.24) is 20.6 Å². The van der Waals surface area contributed by atoms with Crippen molar-refractivity contribution in [1.29, 1.82) is 0 Å². The first-order chi connectivity index (χ1) is 13.9. The molecule has 7 nitrogen and oxygen atoms in total. The molecule has 1 atom stereocenters. The van der Waals surface area contributed by atoms with E-state index >= 15 is 0 Å². The van der Waals surface area contributed by atoms with Crippen LogP contribution in [0.1, 0.15) is 70.7 Å². The Hall–Kier alpha value is -1.27. The van der Waals surface area contributed by atoms with Gasteiger partial charge in [-0.05, 0) is 53.9 Å². The zero-order valence-electron chi connectivity index (χ0n) is 18.3. The van der Waals surface area contributed by atoms with Gasteiger partial charge in [0, 0.05) is 24.2 Å². The summed E-state index contributed by atoms with van der Waals surface area (Å²) in [6, 6.07) is -0.0574. The van der Waals surface area contributed by atoms with Crippen molar-refractivity contribution in [3.8, 4) is 0 Å². The maximum Gasteiger partial charge on any atom is 0.350 e. The molecule has 0 saturated carbocycles. The van der Waals surface area contributed by atoms with Crippen molar-refractivity contribution in [3.63, 3.8) is 0 Å². The molecule has 0 aliphatic rings. The summed E-state index contributed by atoms with van der Waals surface area (Å²) >= 11 is 3.10. The predicted molar refractivity (Wildman–Crippen MR) is 136 cm³/mol. The van der Waals surface area contributed by atoms with Crippen molar-refractivity contribution in [2.75, 3.05) is 19.7 Å². The average molecular weight is 566 g/mol. The van der Waals surface area contributed by atoms with Gasteiger partial charge in [-0.25, -0.2) is 14.8 Å². The third-order valence-electron chi connectivity index (χ3n) is 4.08. The topological polar surface area (TPSA) is 88.5 Å². The molecule has 2 N–H and O–H groups in total. The number of nitrogens with zero attached hydrogens (tertiary/aromatic N) is 3. The van der Waals surface area contributed by atoms with Crippen molar-refractivity contribution in [3.05, 3.63) is 31.7 Å². The number of carbonyl (C=O) groups excluding carboxylic acids is 1. The van der Waals surface area contributed by atoms with Crippen LogP contribution in [0.5, 0.6) is 0 Å². The van der Waals surface area contributed by atoms with E-state index in [2.05, 4.69) is 31.0 Å². The summed E-state index contributed by atoms with van der Waals surface area (Å²) in [5.41, 5.74) is 1.80. The maximum atomic E-state index is 12.0. The second kappa shape index (κ2) is 13.9. The van der Waals surface area contributed by atoms with Gasteiger partial charge >= 0.3 is 5.97 Å². The average Bonchev–Trinajstić information content (AvgIpc) is 3.27. The Kier molecular flexibility index (Phi) is 12.4. The Morgan fingerprint density at radius 3 is 2.67 bits per heavy atom. The van der Waals surface area contributed by atoms with Crippen molar-refractivity contribution in [2.24, 2.45) is 4.99 Å². The minimum absolute atomic E-state index is 0. The normalized spacial score (nSPS) is 12.2. The molecular weight excluding hydrogens is 533 g/mol. The number of halogens is 1. The number of esters is 1. The molecule has 0 spiro atoms. The number of nitrogens with one attached hydrogen (secondary N) is 2. The number of unbranched alkanes of at least 4 members (excludes halogenated alkanes) is 1. The van der Waals surface area contributed by atoms with Gasteiger partial charge in [0.1, 0.15) is 9.88 Å². The number of aliphatic imine (C=N–C) groups is 1. The van der Waals surface area contributed by atoms with Crippen LogP contribution in [0.2, 0.25) is 0 Å². The van der Waals surface area contributed by atoms with Gasteiger partial charge in [-0.1, -0.05) is 0 Å². The van der Waals surface area contributed by atoms with Gasteiger partial charge in [0.25, 0.3) is 0 Å². The minimum atomic E-state index is -0.308. The SMILES string of the molecule is CCNC(=NCCCCc1nc(C)cs1)NC(C)c1nc(C)c(C(=O)OCC)s1.I. The zero-order valence-corrected chi connectivity index (χ0v) is 22.2. The molecule has 1 unspecified atom stereocenters. The standard InChI is InChI=1S/C20H31N5O2S2.HI/c1-6-21-20(22-11-9-8-10-16-23-13(3)12-28-16)25-15(5)18-24-14(4)17(29-18)19(26)27-7-2;/h12,15H,6-11H2,1-5H3,(H2,21,22,25);1H. The molecule has 2 rings (SSSR count). The van der Waals surface area contributed by atoms with Crippen LogP contribution < -0.4 is 10.6 Å². The number of rotatable bonds is 10. The summed E-state index contributed by atoms with van der Waals surface area (Å²) in [7, 11) is 0. The number of aryl methyl sites for hydroxylation is 3. The molecule has 0 amide bonds. The summed E-state index contributed by atoms with van der Waals surface area (Å²) in [6.45, 7) is 11.6. The summed E-state index contributed by atoms with van der Waals surface area (Å²) in [5.74, 6) is 0.451. The quantitative estimate of drug-likeness (QED) is 0.143. The lowest BCUT2D eigenvalue weighted by Gasteiger charge is -2.16. The zero-order chi connectivity index (χ0) is 21.2. The summed E-state index contributed by atoms with van der Waals surface area (Å²) in [5, 5.41) is 10.8. The maximum absolute atomic E-state index is 12.0. The van der Waals surface area contributed by atoms with Crippen LogP contribution in [-0.2, 0) is 11.2 Å². The van der Waals surface area contributed by atoms with Gasteiger partial charge in [0.2, 0.25) is 0 Å². The molecule has 168 valence electrons. The van der Waals surface area contributed by atoms with Gasteiger partial charge < -0.3 is 15.4 Å². The molecular formula is C20H32IN5O2S2. The molecule has 10 heteroatoms. The largest absolute Gasteiger partial charge is 0.462 e. The van der Waals surface area contributed by atoms with Crippen molar-refractivity contribution < 1.29 is 9.53 Å². The van der Waals surface area contributed by atoms with Gasteiger partial charge in [-0.3, -0.25) is 4.99 Å².